The molecule has 1 atom stereocenters. The zero-order chi connectivity index (χ0) is 11.4. The van der Waals surface area contributed by atoms with E-state index in [0.29, 0.717) is 18.5 Å². The van der Waals surface area contributed by atoms with Crippen LogP contribution in [-0.4, -0.2) is 26.9 Å². The lowest BCUT2D eigenvalue weighted by Crippen LogP contribution is -2.35. The first-order valence-electron chi connectivity index (χ1n) is 5.34. The molecule has 1 N–H and O–H groups in total. The SMILES string of the molecule is CC(C)C(C)NCCn1ncn(C)c1=O. The van der Waals surface area contributed by atoms with Crippen LogP contribution >= 0.6 is 0 Å². The van der Waals surface area contributed by atoms with Crippen molar-refractivity contribution in [2.24, 2.45) is 13.0 Å². The molecule has 0 aliphatic heterocycles. The summed E-state index contributed by atoms with van der Waals surface area (Å²) >= 11 is 0. The van der Waals surface area contributed by atoms with E-state index in [-0.39, 0.29) is 5.69 Å². The van der Waals surface area contributed by atoms with Crippen molar-refractivity contribution in [1.29, 1.82) is 0 Å². The number of hydrogen-bond donors (Lipinski definition) is 1. The molecular formula is C10H20N4O. The molecule has 0 radical (unpaired) electrons. The predicted molar refractivity (Wildman–Crippen MR) is 59.8 cm³/mol. The second kappa shape index (κ2) is 5.11. The van der Waals surface area contributed by atoms with Gasteiger partial charge in [-0.15, -0.1) is 0 Å². The van der Waals surface area contributed by atoms with Crippen LogP contribution in [0.2, 0.25) is 0 Å². The molecule has 0 bridgehead atoms. The van der Waals surface area contributed by atoms with E-state index in [4.69, 9.17) is 0 Å². The van der Waals surface area contributed by atoms with E-state index >= 15 is 0 Å². The van der Waals surface area contributed by atoms with Gasteiger partial charge in [0.15, 0.2) is 0 Å². The number of aromatic nitrogens is 3. The molecule has 0 spiro atoms. The lowest BCUT2D eigenvalue weighted by atomic mass is 10.1. The lowest BCUT2D eigenvalue weighted by Gasteiger charge is -2.16. The molecule has 0 aromatic carbocycles. The van der Waals surface area contributed by atoms with Crippen LogP contribution in [-0.2, 0) is 13.6 Å². The summed E-state index contributed by atoms with van der Waals surface area (Å²) in [5.41, 5.74) is -0.0611. The van der Waals surface area contributed by atoms with Crippen molar-refractivity contribution in [3.63, 3.8) is 0 Å². The van der Waals surface area contributed by atoms with E-state index in [0.717, 1.165) is 6.54 Å². The highest BCUT2D eigenvalue weighted by Crippen LogP contribution is 1.98. The maximum Gasteiger partial charge on any atom is 0.345 e. The van der Waals surface area contributed by atoms with Crippen LogP contribution in [0.15, 0.2) is 11.1 Å². The summed E-state index contributed by atoms with van der Waals surface area (Å²) in [7, 11) is 1.70. The number of hydrogen-bond acceptors (Lipinski definition) is 3. The molecule has 0 saturated heterocycles. The van der Waals surface area contributed by atoms with E-state index < -0.39 is 0 Å². The molecule has 5 heteroatoms. The van der Waals surface area contributed by atoms with Gasteiger partial charge >= 0.3 is 5.69 Å². The molecule has 0 amide bonds. The minimum atomic E-state index is -0.0611. The fourth-order valence-electron chi connectivity index (χ4n) is 1.21. The first-order valence-corrected chi connectivity index (χ1v) is 5.34. The highest BCUT2D eigenvalue weighted by Gasteiger charge is 2.06. The Balaban J connectivity index is 2.39. The van der Waals surface area contributed by atoms with Gasteiger partial charge in [-0.3, -0.25) is 4.57 Å². The van der Waals surface area contributed by atoms with Gasteiger partial charge in [-0.2, -0.15) is 5.10 Å². The first kappa shape index (κ1) is 12.0. The Morgan fingerprint density at radius 2 is 2.13 bits per heavy atom. The van der Waals surface area contributed by atoms with Crippen molar-refractivity contribution >= 4 is 0 Å². The van der Waals surface area contributed by atoms with Gasteiger partial charge < -0.3 is 5.32 Å². The molecule has 1 aromatic rings. The Bertz CT molecular complexity index is 353. The van der Waals surface area contributed by atoms with Crippen molar-refractivity contribution < 1.29 is 0 Å². The standard InChI is InChI=1S/C10H20N4O/c1-8(2)9(3)11-5-6-14-10(15)13(4)7-12-14/h7-9,11H,5-6H2,1-4H3. The summed E-state index contributed by atoms with van der Waals surface area (Å²) < 4.78 is 2.95. The summed E-state index contributed by atoms with van der Waals surface area (Å²) in [6.45, 7) is 7.88. The number of nitrogens with one attached hydrogen (secondary N) is 1. The van der Waals surface area contributed by atoms with E-state index in [9.17, 15) is 4.79 Å². The molecule has 1 unspecified atom stereocenters. The predicted octanol–water partition coefficient (Wildman–Crippen LogP) is 0.216. The molecule has 5 nitrogen and oxygen atoms in total. The van der Waals surface area contributed by atoms with Crippen molar-refractivity contribution in [2.75, 3.05) is 6.54 Å². The molecule has 0 saturated carbocycles. The van der Waals surface area contributed by atoms with Crippen LogP contribution < -0.4 is 11.0 Å². The van der Waals surface area contributed by atoms with Gasteiger partial charge in [-0.25, -0.2) is 9.48 Å². The third-order valence-corrected chi connectivity index (χ3v) is 2.68. The number of nitrogens with zero attached hydrogens (tertiary/aromatic N) is 3. The molecule has 86 valence electrons. The Morgan fingerprint density at radius 3 is 2.60 bits per heavy atom. The van der Waals surface area contributed by atoms with E-state index in [1.165, 1.54) is 15.6 Å². The van der Waals surface area contributed by atoms with Crippen LogP contribution in [0.5, 0.6) is 0 Å². The zero-order valence-corrected chi connectivity index (χ0v) is 9.90. The normalized spacial score (nSPS) is 13.4. The second-order valence-corrected chi connectivity index (χ2v) is 4.23. The van der Waals surface area contributed by atoms with Crippen LogP contribution in [0.4, 0.5) is 0 Å². The molecule has 0 fully saturated rings. The van der Waals surface area contributed by atoms with Crippen molar-refractivity contribution in [2.45, 2.75) is 33.4 Å². The van der Waals surface area contributed by atoms with Gasteiger partial charge in [-0.05, 0) is 12.8 Å². The Labute approximate surface area is 90.1 Å². The molecule has 1 rings (SSSR count). The monoisotopic (exact) mass is 212 g/mol. The quantitative estimate of drug-likeness (QED) is 0.759. The third kappa shape index (κ3) is 3.20. The maximum atomic E-state index is 11.4. The van der Waals surface area contributed by atoms with Gasteiger partial charge in [0.05, 0.1) is 6.54 Å². The largest absolute Gasteiger partial charge is 0.345 e. The van der Waals surface area contributed by atoms with Gasteiger partial charge in [0.25, 0.3) is 0 Å². The van der Waals surface area contributed by atoms with Crippen molar-refractivity contribution in [3.8, 4) is 0 Å². The molecule has 1 heterocycles. The minimum absolute atomic E-state index is 0.0611. The molecule has 1 aromatic heterocycles. The van der Waals surface area contributed by atoms with Gasteiger partial charge in [0, 0.05) is 19.6 Å². The van der Waals surface area contributed by atoms with Crippen LogP contribution in [0.1, 0.15) is 20.8 Å². The van der Waals surface area contributed by atoms with Crippen molar-refractivity contribution in [1.82, 2.24) is 19.7 Å². The minimum Gasteiger partial charge on any atom is -0.312 e. The summed E-state index contributed by atoms with van der Waals surface area (Å²) in [4.78, 5) is 11.4. The van der Waals surface area contributed by atoms with Crippen molar-refractivity contribution in [3.05, 3.63) is 16.8 Å². The first-order chi connectivity index (χ1) is 7.02. The smallest absolute Gasteiger partial charge is 0.312 e. The lowest BCUT2D eigenvalue weighted by molar-refractivity contribution is 0.407. The fourth-order valence-corrected chi connectivity index (χ4v) is 1.21. The van der Waals surface area contributed by atoms with E-state index in [1.807, 2.05) is 0 Å². The molecule has 0 aliphatic carbocycles. The fraction of sp³-hybridized carbons (Fsp3) is 0.800. The van der Waals surface area contributed by atoms with Gasteiger partial charge in [0.1, 0.15) is 6.33 Å². The number of aryl methyl sites for hydroxylation is 1. The average molecular weight is 212 g/mol. The van der Waals surface area contributed by atoms with Gasteiger partial charge in [-0.1, -0.05) is 13.8 Å². The molecule has 15 heavy (non-hydrogen) atoms. The van der Waals surface area contributed by atoms with Crippen LogP contribution in [0, 0.1) is 5.92 Å². The highest BCUT2D eigenvalue weighted by molar-refractivity contribution is 4.68. The third-order valence-electron chi connectivity index (χ3n) is 2.68. The second-order valence-electron chi connectivity index (χ2n) is 4.23. The summed E-state index contributed by atoms with van der Waals surface area (Å²) in [5.74, 6) is 0.602. The number of rotatable bonds is 5. The van der Waals surface area contributed by atoms with E-state index in [1.54, 1.807) is 7.05 Å². The topological polar surface area (TPSA) is 51.9 Å². The summed E-state index contributed by atoms with van der Waals surface area (Å²) in [5, 5.41) is 7.34. The molecular weight excluding hydrogens is 192 g/mol. The Kier molecular flexibility index (Phi) is 4.08. The maximum absolute atomic E-state index is 11.4. The zero-order valence-electron chi connectivity index (χ0n) is 9.90. The van der Waals surface area contributed by atoms with Crippen LogP contribution in [0.3, 0.4) is 0 Å². The highest BCUT2D eigenvalue weighted by atomic mass is 16.2. The summed E-state index contributed by atoms with van der Waals surface area (Å²) in [6.07, 6.45) is 1.54. The molecule has 0 aliphatic rings. The Hall–Kier alpha value is -1.10. The van der Waals surface area contributed by atoms with E-state index in [2.05, 4.69) is 31.2 Å². The van der Waals surface area contributed by atoms with Crippen LogP contribution in [0.25, 0.3) is 0 Å². The Morgan fingerprint density at radius 1 is 1.47 bits per heavy atom. The summed E-state index contributed by atoms with van der Waals surface area (Å²) in [6, 6.07) is 0.462. The average Bonchev–Trinajstić information content (AvgIpc) is 2.49. The van der Waals surface area contributed by atoms with Gasteiger partial charge in [0.2, 0.25) is 0 Å².